The lowest BCUT2D eigenvalue weighted by Gasteiger charge is -2.05. The molecular weight excluding hydrogens is 312 g/mol. The Labute approximate surface area is 134 Å². The summed E-state index contributed by atoms with van der Waals surface area (Å²) in [5.74, 6) is -0.186. The number of nitrogens with zero attached hydrogens (tertiary/aromatic N) is 6. The summed E-state index contributed by atoms with van der Waals surface area (Å²) in [5, 5.41) is 10.9. The highest BCUT2D eigenvalue weighted by molar-refractivity contribution is 5.73. The summed E-state index contributed by atoms with van der Waals surface area (Å²) in [4.78, 5) is 31.3. The van der Waals surface area contributed by atoms with Crippen molar-refractivity contribution in [3.8, 4) is 0 Å². The van der Waals surface area contributed by atoms with Crippen LogP contribution < -0.4 is 5.56 Å². The number of aryl methyl sites for hydroxylation is 1. The molecule has 120 valence electrons. The molecule has 0 aliphatic heterocycles. The average molecular weight is 324 g/mol. The molecule has 1 aromatic carbocycles. The Morgan fingerprint density at radius 2 is 2.00 bits per heavy atom. The second-order valence-electron chi connectivity index (χ2n) is 5.42. The molecule has 0 unspecified atom stereocenters. The van der Waals surface area contributed by atoms with Crippen molar-refractivity contribution in [2.75, 3.05) is 0 Å². The lowest BCUT2D eigenvalue weighted by Crippen LogP contribution is -2.19. The van der Waals surface area contributed by atoms with Crippen molar-refractivity contribution in [1.82, 2.24) is 23.5 Å². The molecule has 0 atom stereocenters. The van der Waals surface area contributed by atoms with Gasteiger partial charge in [0.15, 0.2) is 11.2 Å². The summed E-state index contributed by atoms with van der Waals surface area (Å²) in [5.41, 5.74) is 1.45. The average Bonchev–Trinajstić information content (AvgIpc) is 3.19. The van der Waals surface area contributed by atoms with E-state index in [1.54, 1.807) is 22.5 Å². The second kappa shape index (κ2) is 5.01. The van der Waals surface area contributed by atoms with Gasteiger partial charge in [0.2, 0.25) is 0 Å². The molecule has 9 heteroatoms. The van der Waals surface area contributed by atoms with Gasteiger partial charge in [0.1, 0.15) is 6.20 Å². The van der Waals surface area contributed by atoms with Gasteiger partial charge in [0.25, 0.3) is 5.56 Å². The van der Waals surface area contributed by atoms with Gasteiger partial charge in [-0.05, 0) is 10.5 Å². The smallest absolute Gasteiger partial charge is 0.358 e. The molecule has 0 saturated carbocycles. The predicted molar refractivity (Wildman–Crippen MR) is 85.9 cm³/mol. The lowest BCUT2D eigenvalue weighted by molar-refractivity contribution is -0.389. The van der Waals surface area contributed by atoms with Crippen LogP contribution in [0.25, 0.3) is 16.9 Å². The number of hydrogen-bond acceptors (Lipinski definition) is 5. The first kappa shape index (κ1) is 14.1. The van der Waals surface area contributed by atoms with E-state index >= 15 is 0 Å². The maximum atomic E-state index is 12.8. The summed E-state index contributed by atoms with van der Waals surface area (Å²) in [6, 6.07) is 9.67. The van der Waals surface area contributed by atoms with E-state index in [2.05, 4.69) is 9.97 Å². The molecule has 3 heterocycles. The molecule has 4 rings (SSSR count). The maximum Gasteiger partial charge on any atom is 0.384 e. The highest BCUT2D eigenvalue weighted by Gasteiger charge is 2.22. The number of aromatic nitrogens is 5. The van der Waals surface area contributed by atoms with Crippen LogP contribution in [0.2, 0.25) is 0 Å². The molecule has 0 bridgehead atoms. The van der Waals surface area contributed by atoms with Gasteiger partial charge in [-0.15, -0.1) is 0 Å². The Bertz CT molecular complexity index is 1140. The highest BCUT2D eigenvalue weighted by atomic mass is 16.6. The summed E-state index contributed by atoms with van der Waals surface area (Å²) < 4.78 is 4.49. The van der Waals surface area contributed by atoms with E-state index in [0.29, 0.717) is 17.7 Å². The predicted octanol–water partition coefficient (Wildman–Crippen LogP) is 1.34. The summed E-state index contributed by atoms with van der Waals surface area (Å²) in [6.45, 7) is 0.481. The quantitative estimate of drug-likeness (QED) is 0.418. The fourth-order valence-electron chi connectivity index (χ4n) is 2.78. The van der Waals surface area contributed by atoms with Gasteiger partial charge >= 0.3 is 11.6 Å². The van der Waals surface area contributed by atoms with Crippen LogP contribution in [-0.2, 0) is 13.6 Å². The molecule has 0 spiro atoms. The molecule has 0 saturated heterocycles. The second-order valence-corrected chi connectivity index (χ2v) is 5.42. The van der Waals surface area contributed by atoms with Crippen LogP contribution in [0.1, 0.15) is 5.56 Å². The number of benzene rings is 1. The summed E-state index contributed by atoms with van der Waals surface area (Å²) in [6.07, 6.45) is 2.73. The van der Waals surface area contributed by atoms with Crippen LogP contribution in [0.3, 0.4) is 0 Å². The van der Waals surface area contributed by atoms with Gasteiger partial charge in [-0.2, -0.15) is 0 Å². The Morgan fingerprint density at radius 3 is 2.71 bits per heavy atom. The van der Waals surface area contributed by atoms with Crippen LogP contribution in [0.4, 0.5) is 5.82 Å². The minimum atomic E-state index is -0.622. The van der Waals surface area contributed by atoms with Gasteiger partial charge in [0.05, 0.1) is 6.33 Å². The highest BCUT2D eigenvalue weighted by Crippen LogP contribution is 2.16. The van der Waals surface area contributed by atoms with E-state index in [0.717, 1.165) is 11.8 Å². The van der Waals surface area contributed by atoms with E-state index < -0.39 is 4.92 Å². The first-order valence-electron chi connectivity index (χ1n) is 7.17. The third-order valence-electron chi connectivity index (χ3n) is 3.91. The number of nitro groups is 1. The Morgan fingerprint density at radius 1 is 1.25 bits per heavy atom. The Hall–Kier alpha value is -3.49. The third kappa shape index (κ3) is 1.98. The van der Waals surface area contributed by atoms with Crippen molar-refractivity contribution in [1.29, 1.82) is 0 Å². The van der Waals surface area contributed by atoms with E-state index in [1.807, 2.05) is 30.3 Å². The molecular formula is C15H12N6O3. The van der Waals surface area contributed by atoms with Crippen LogP contribution in [-0.4, -0.2) is 28.4 Å². The Balaban J connectivity index is 1.98. The summed E-state index contributed by atoms with van der Waals surface area (Å²) >= 11 is 0. The van der Waals surface area contributed by atoms with E-state index in [1.165, 1.54) is 4.40 Å². The van der Waals surface area contributed by atoms with Crippen molar-refractivity contribution < 1.29 is 4.92 Å². The van der Waals surface area contributed by atoms with Gasteiger partial charge in [-0.1, -0.05) is 30.3 Å². The number of hydrogen-bond donors (Lipinski definition) is 0. The van der Waals surface area contributed by atoms with Crippen molar-refractivity contribution in [3.63, 3.8) is 0 Å². The first-order chi connectivity index (χ1) is 11.6. The molecule has 0 aliphatic carbocycles. The van der Waals surface area contributed by atoms with Crippen molar-refractivity contribution in [3.05, 3.63) is 68.9 Å². The van der Waals surface area contributed by atoms with Crippen LogP contribution in [0, 0.1) is 10.1 Å². The van der Waals surface area contributed by atoms with E-state index in [9.17, 15) is 14.9 Å². The largest absolute Gasteiger partial charge is 0.384 e. The van der Waals surface area contributed by atoms with Crippen LogP contribution in [0.5, 0.6) is 0 Å². The standard InChI is InChI=1S/C15H12N6O3/c1-18-13-12(14(22)20-8-11(21(23)24)17-15(18)20)19(9-16-13)7-10-5-3-2-4-6-10/h2-6,8-9H,7H2,1H3. The molecule has 0 fully saturated rings. The molecule has 0 radical (unpaired) electrons. The van der Waals surface area contributed by atoms with Gasteiger partial charge in [0, 0.05) is 18.6 Å². The fourth-order valence-corrected chi connectivity index (χ4v) is 2.78. The summed E-state index contributed by atoms with van der Waals surface area (Å²) in [7, 11) is 1.67. The molecule has 4 aromatic rings. The maximum absolute atomic E-state index is 12.8. The molecule has 0 aliphatic rings. The minimum Gasteiger partial charge on any atom is -0.358 e. The Kier molecular flexibility index (Phi) is 2.95. The van der Waals surface area contributed by atoms with Crippen molar-refractivity contribution >= 4 is 22.8 Å². The number of rotatable bonds is 3. The number of fused-ring (bicyclic) bond motifs is 2. The van der Waals surface area contributed by atoms with E-state index in [4.69, 9.17) is 0 Å². The lowest BCUT2D eigenvalue weighted by atomic mass is 10.2. The minimum absolute atomic E-state index is 0.184. The zero-order valence-electron chi connectivity index (χ0n) is 12.7. The van der Waals surface area contributed by atoms with Crippen molar-refractivity contribution in [2.45, 2.75) is 6.54 Å². The fraction of sp³-hybridized carbons (Fsp3) is 0.133. The molecule has 24 heavy (non-hydrogen) atoms. The zero-order chi connectivity index (χ0) is 16.8. The van der Waals surface area contributed by atoms with Crippen molar-refractivity contribution in [2.24, 2.45) is 7.05 Å². The molecule has 9 nitrogen and oxygen atoms in total. The van der Waals surface area contributed by atoms with Crippen LogP contribution in [0.15, 0.2) is 47.7 Å². The normalized spacial score (nSPS) is 11.4. The molecule has 0 N–H and O–H groups in total. The third-order valence-corrected chi connectivity index (χ3v) is 3.91. The zero-order valence-corrected chi connectivity index (χ0v) is 12.7. The SMILES string of the molecule is Cn1c2ncn(Cc3ccccc3)c2c(=O)n2cc([N+](=O)[O-])nc12. The van der Waals surface area contributed by atoms with Crippen LogP contribution >= 0.6 is 0 Å². The first-order valence-corrected chi connectivity index (χ1v) is 7.17. The van der Waals surface area contributed by atoms with Gasteiger partial charge in [-0.25, -0.2) is 9.38 Å². The number of imidazole rings is 2. The van der Waals surface area contributed by atoms with Gasteiger partial charge in [-0.3, -0.25) is 9.36 Å². The molecule has 0 amide bonds. The monoisotopic (exact) mass is 324 g/mol. The van der Waals surface area contributed by atoms with E-state index in [-0.39, 0.29) is 17.2 Å². The topological polar surface area (TPSA) is 100 Å². The molecule has 3 aromatic heterocycles. The van der Waals surface area contributed by atoms with Gasteiger partial charge < -0.3 is 14.7 Å².